The summed E-state index contributed by atoms with van der Waals surface area (Å²) in [4.78, 5) is 0. The van der Waals surface area contributed by atoms with E-state index >= 15 is 0 Å². The van der Waals surface area contributed by atoms with Gasteiger partial charge in [0.15, 0.2) is 0 Å². The molecule has 0 amide bonds. The van der Waals surface area contributed by atoms with Crippen molar-refractivity contribution in [3.8, 4) is 0 Å². The molecule has 0 radical (unpaired) electrons. The Morgan fingerprint density at radius 1 is 1.16 bits per heavy atom. The second-order valence-corrected chi connectivity index (χ2v) is 5.76. The van der Waals surface area contributed by atoms with Gasteiger partial charge in [0.05, 0.1) is 5.56 Å². The lowest BCUT2D eigenvalue weighted by molar-refractivity contribution is -0.137. The predicted octanol–water partition coefficient (Wildman–Crippen LogP) is 5.33. The van der Waals surface area contributed by atoms with Gasteiger partial charge in [0.1, 0.15) is 0 Å². The Morgan fingerprint density at radius 3 is 2.21 bits per heavy atom. The smallest absolute Gasteiger partial charge is 0.324 e. The van der Waals surface area contributed by atoms with Gasteiger partial charge in [-0.25, -0.2) is 0 Å². The molecule has 1 atom stereocenters. The molecule has 19 heavy (non-hydrogen) atoms. The van der Waals surface area contributed by atoms with Gasteiger partial charge in [0.25, 0.3) is 0 Å². The fraction of sp³-hybridized carbons (Fsp3) is 0.538. The third kappa shape index (κ3) is 6.15. The third-order valence-corrected chi connectivity index (χ3v) is 3.19. The topological polar surface area (TPSA) is 26.0 Å². The normalized spacial score (nSPS) is 13.3. The van der Waals surface area contributed by atoms with Gasteiger partial charge in [0, 0.05) is 10.5 Å². The first kappa shape index (κ1) is 18.7. The molecule has 0 unspecified atom stereocenters. The molecule has 0 saturated heterocycles. The summed E-state index contributed by atoms with van der Waals surface area (Å²) in [5.74, 6) is 0.491. The van der Waals surface area contributed by atoms with Crippen LogP contribution in [0.5, 0.6) is 0 Å². The number of hydrogen-bond acceptors (Lipinski definition) is 1. The van der Waals surface area contributed by atoms with E-state index in [2.05, 4.69) is 29.8 Å². The summed E-state index contributed by atoms with van der Waals surface area (Å²) in [6, 6.07) is 3.50. The zero-order chi connectivity index (χ0) is 13.9. The average molecular weight is 361 g/mol. The minimum absolute atomic E-state index is 0. The lowest BCUT2D eigenvalue weighted by Gasteiger charge is -2.16. The van der Waals surface area contributed by atoms with Crippen LogP contribution >= 0.6 is 28.3 Å². The van der Waals surface area contributed by atoms with Crippen LogP contribution in [0.3, 0.4) is 0 Å². The number of halogens is 5. The largest absolute Gasteiger partial charge is 0.416 e. The standard InChI is InChI=1S/C13H17BrF3N.ClH/c1-8(2)3-4-12(18)9-5-10(13(15,16)17)7-11(14)6-9;/h5-8,12H,3-4,18H2,1-2H3;1H/t12-;/m0./s1. The predicted molar refractivity (Wildman–Crippen MR) is 77.4 cm³/mol. The zero-order valence-electron chi connectivity index (χ0n) is 10.8. The van der Waals surface area contributed by atoms with E-state index in [9.17, 15) is 13.2 Å². The Balaban J connectivity index is 0.00000324. The number of rotatable bonds is 4. The molecular formula is C13H18BrClF3N. The fourth-order valence-corrected chi connectivity index (χ4v) is 2.18. The highest BCUT2D eigenvalue weighted by Gasteiger charge is 2.31. The number of benzene rings is 1. The zero-order valence-corrected chi connectivity index (χ0v) is 13.2. The molecule has 0 heterocycles. The van der Waals surface area contributed by atoms with Gasteiger partial charge in [-0.1, -0.05) is 29.8 Å². The van der Waals surface area contributed by atoms with Gasteiger partial charge in [0.2, 0.25) is 0 Å². The van der Waals surface area contributed by atoms with Crippen LogP contribution in [-0.4, -0.2) is 0 Å². The van der Waals surface area contributed by atoms with Gasteiger partial charge in [-0.3, -0.25) is 0 Å². The first-order chi connectivity index (χ1) is 8.20. The van der Waals surface area contributed by atoms with Crippen molar-refractivity contribution in [3.63, 3.8) is 0 Å². The molecule has 6 heteroatoms. The van der Waals surface area contributed by atoms with Crippen molar-refractivity contribution in [2.45, 2.75) is 38.9 Å². The molecule has 110 valence electrons. The third-order valence-electron chi connectivity index (χ3n) is 2.73. The molecule has 0 aromatic heterocycles. The maximum Gasteiger partial charge on any atom is 0.416 e. The molecule has 1 rings (SSSR count). The molecular weight excluding hydrogens is 343 g/mol. The summed E-state index contributed by atoms with van der Waals surface area (Å²) in [6.07, 6.45) is -2.75. The summed E-state index contributed by atoms with van der Waals surface area (Å²) in [5.41, 5.74) is 5.80. The summed E-state index contributed by atoms with van der Waals surface area (Å²) in [7, 11) is 0. The van der Waals surface area contributed by atoms with E-state index in [0.717, 1.165) is 18.6 Å². The molecule has 0 aliphatic rings. The minimum Gasteiger partial charge on any atom is -0.324 e. The van der Waals surface area contributed by atoms with Gasteiger partial charge >= 0.3 is 6.18 Å². The van der Waals surface area contributed by atoms with Crippen LogP contribution in [-0.2, 0) is 6.18 Å². The molecule has 0 spiro atoms. The molecule has 0 aliphatic carbocycles. The molecule has 0 fully saturated rings. The number of hydrogen-bond donors (Lipinski definition) is 1. The maximum atomic E-state index is 12.7. The maximum absolute atomic E-state index is 12.7. The van der Waals surface area contributed by atoms with E-state index < -0.39 is 11.7 Å². The van der Waals surface area contributed by atoms with E-state index in [-0.39, 0.29) is 18.4 Å². The molecule has 1 aromatic rings. The Hall–Kier alpha value is -0.260. The van der Waals surface area contributed by atoms with Crippen molar-refractivity contribution < 1.29 is 13.2 Å². The van der Waals surface area contributed by atoms with Gasteiger partial charge in [-0.15, -0.1) is 12.4 Å². The SMILES string of the molecule is CC(C)CC[C@H](N)c1cc(Br)cc(C(F)(F)F)c1.Cl. The van der Waals surface area contributed by atoms with E-state index in [1.54, 1.807) is 6.07 Å². The van der Waals surface area contributed by atoms with Crippen LogP contribution in [0.2, 0.25) is 0 Å². The average Bonchev–Trinajstić information content (AvgIpc) is 2.23. The van der Waals surface area contributed by atoms with Crippen LogP contribution < -0.4 is 5.73 Å². The molecule has 0 bridgehead atoms. The molecule has 0 aliphatic heterocycles. The molecule has 1 nitrogen and oxygen atoms in total. The van der Waals surface area contributed by atoms with Crippen molar-refractivity contribution in [1.29, 1.82) is 0 Å². The lowest BCUT2D eigenvalue weighted by atomic mass is 9.97. The monoisotopic (exact) mass is 359 g/mol. The summed E-state index contributed by atoms with van der Waals surface area (Å²) < 4.78 is 38.4. The summed E-state index contributed by atoms with van der Waals surface area (Å²) in [6.45, 7) is 4.13. The van der Waals surface area contributed by atoms with Crippen molar-refractivity contribution in [1.82, 2.24) is 0 Å². The highest BCUT2D eigenvalue weighted by molar-refractivity contribution is 9.10. The van der Waals surface area contributed by atoms with Gasteiger partial charge < -0.3 is 5.73 Å². The Labute approximate surface area is 126 Å². The highest BCUT2D eigenvalue weighted by atomic mass is 79.9. The van der Waals surface area contributed by atoms with Gasteiger partial charge in [-0.05, 0) is 42.5 Å². The van der Waals surface area contributed by atoms with Crippen molar-refractivity contribution in [2.75, 3.05) is 0 Å². The Morgan fingerprint density at radius 2 is 1.74 bits per heavy atom. The Kier molecular flexibility index (Phi) is 7.40. The molecule has 0 saturated carbocycles. The highest BCUT2D eigenvalue weighted by Crippen LogP contribution is 2.33. The van der Waals surface area contributed by atoms with Crippen LogP contribution in [0.1, 0.15) is 43.9 Å². The van der Waals surface area contributed by atoms with E-state index in [1.165, 1.54) is 0 Å². The van der Waals surface area contributed by atoms with E-state index in [1.807, 2.05) is 0 Å². The first-order valence-corrected chi connectivity index (χ1v) is 6.62. The van der Waals surface area contributed by atoms with Crippen molar-refractivity contribution in [3.05, 3.63) is 33.8 Å². The van der Waals surface area contributed by atoms with Crippen molar-refractivity contribution >= 4 is 28.3 Å². The minimum atomic E-state index is -4.34. The van der Waals surface area contributed by atoms with Crippen LogP contribution in [0.4, 0.5) is 13.2 Å². The van der Waals surface area contributed by atoms with Gasteiger partial charge in [-0.2, -0.15) is 13.2 Å². The summed E-state index contributed by atoms with van der Waals surface area (Å²) in [5, 5.41) is 0. The fourth-order valence-electron chi connectivity index (χ4n) is 1.67. The quantitative estimate of drug-likeness (QED) is 0.772. The second-order valence-electron chi connectivity index (χ2n) is 4.85. The van der Waals surface area contributed by atoms with E-state index in [0.29, 0.717) is 22.4 Å². The molecule has 2 N–H and O–H groups in total. The van der Waals surface area contributed by atoms with Crippen LogP contribution in [0, 0.1) is 5.92 Å². The molecule has 1 aromatic carbocycles. The lowest BCUT2D eigenvalue weighted by Crippen LogP contribution is -2.13. The summed E-state index contributed by atoms with van der Waals surface area (Å²) >= 11 is 3.10. The van der Waals surface area contributed by atoms with E-state index in [4.69, 9.17) is 5.73 Å². The Bertz CT molecular complexity index is 407. The number of alkyl halides is 3. The van der Waals surface area contributed by atoms with Crippen LogP contribution in [0.15, 0.2) is 22.7 Å². The first-order valence-electron chi connectivity index (χ1n) is 5.83. The van der Waals surface area contributed by atoms with Crippen molar-refractivity contribution in [2.24, 2.45) is 11.7 Å². The van der Waals surface area contributed by atoms with Crippen LogP contribution in [0.25, 0.3) is 0 Å². The number of nitrogens with two attached hydrogens (primary N) is 1. The second kappa shape index (κ2) is 7.50.